The van der Waals surface area contributed by atoms with Crippen molar-refractivity contribution in [2.24, 2.45) is 4.99 Å². The average Bonchev–Trinajstić information content (AvgIpc) is 3.24. The molecule has 0 radical (unpaired) electrons. The predicted octanol–water partition coefficient (Wildman–Crippen LogP) is 4.60. The lowest BCUT2D eigenvalue weighted by atomic mass is 10.0. The molecule has 2 aliphatic heterocycles. The molecule has 1 unspecified atom stereocenters. The number of benzene rings is 2. The number of aliphatic imine (C=N–C) groups is 1. The first kappa shape index (κ1) is 21.3. The van der Waals surface area contributed by atoms with Crippen LogP contribution in [0.15, 0.2) is 47.0 Å². The van der Waals surface area contributed by atoms with Crippen LogP contribution in [0, 0.1) is 6.92 Å². The van der Waals surface area contributed by atoms with Crippen LogP contribution in [-0.2, 0) is 6.54 Å². The smallest absolute Gasteiger partial charge is 0.130 e. The molecular formula is C24H27ClN2O2S. The fourth-order valence-electron chi connectivity index (χ4n) is 4.10. The van der Waals surface area contributed by atoms with Gasteiger partial charge in [-0.1, -0.05) is 23.7 Å². The first-order valence-corrected chi connectivity index (χ1v) is 11.7. The number of fused-ring (bicyclic) bond motifs is 1. The first-order valence-electron chi connectivity index (χ1n) is 10.2. The Morgan fingerprint density at radius 3 is 2.73 bits per heavy atom. The number of ether oxygens (including phenoxy) is 1. The van der Waals surface area contributed by atoms with Gasteiger partial charge in [0.1, 0.15) is 18.9 Å². The lowest BCUT2D eigenvalue weighted by Crippen LogP contribution is -2.48. The van der Waals surface area contributed by atoms with Crippen molar-refractivity contribution in [2.45, 2.75) is 25.9 Å². The molecule has 0 N–H and O–H groups in total. The normalized spacial score (nSPS) is 19.3. The standard InChI is InChI=1S/C24H27ClN2O2S/c1-16-10-20(25)12-18-11-19(14-29-23(16)18)24(28)26-21-6-4-17(5-7-21)13-27(2,3)22-8-9-30-15-22/h4-7,10-12,22H,8-9,13-15H2,1-3H3. The van der Waals surface area contributed by atoms with Crippen molar-refractivity contribution in [1.29, 1.82) is 0 Å². The maximum absolute atomic E-state index is 12.7. The molecule has 0 amide bonds. The summed E-state index contributed by atoms with van der Waals surface area (Å²) in [6, 6.07) is 12.4. The highest BCUT2D eigenvalue weighted by Crippen LogP contribution is 2.33. The van der Waals surface area contributed by atoms with Gasteiger partial charge in [0.05, 0.1) is 25.8 Å². The first-order chi connectivity index (χ1) is 14.3. The third-order valence-corrected chi connectivity index (χ3v) is 7.26. The van der Waals surface area contributed by atoms with Gasteiger partial charge in [-0.25, -0.2) is 0 Å². The van der Waals surface area contributed by atoms with E-state index >= 15 is 0 Å². The van der Waals surface area contributed by atoms with Crippen LogP contribution in [0.5, 0.6) is 5.75 Å². The molecule has 2 aromatic rings. The van der Waals surface area contributed by atoms with E-state index in [0.29, 0.717) is 22.3 Å². The monoisotopic (exact) mass is 442 g/mol. The summed E-state index contributed by atoms with van der Waals surface area (Å²) >= 11 is 8.19. The number of halogens is 1. The molecule has 30 heavy (non-hydrogen) atoms. The molecule has 0 bridgehead atoms. The van der Waals surface area contributed by atoms with Crippen LogP contribution >= 0.6 is 23.4 Å². The highest BCUT2D eigenvalue weighted by atomic mass is 35.5. The summed E-state index contributed by atoms with van der Waals surface area (Å²) in [6.45, 7) is 3.15. The summed E-state index contributed by atoms with van der Waals surface area (Å²) in [5, 5.41) is 13.3. The van der Waals surface area contributed by atoms with Gasteiger partial charge in [-0.15, -0.1) is 0 Å². The molecule has 0 saturated carbocycles. The number of thioether (sulfide) groups is 1. The van der Waals surface area contributed by atoms with E-state index < -0.39 is 0 Å². The highest BCUT2D eigenvalue weighted by molar-refractivity contribution is 7.99. The highest BCUT2D eigenvalue weighted by Gasteiger charge is 2.31. The SMILES string of the molecule is Cc1cc(Cl)cc2c1OCC(C([O-])=Nc1ccc(C[N+](C)(C)C3CCSC3)cc1)=C2. The van der Waals surface area contributed by atoms with Gasteiger partial charge in [-0.05, 0) is 54.5 Å². The number of quaternary nitrogens is 1. The summed E-state index contributed by atoms with van der Waals surface area (Å²) in [5.41, 5.74) is 4.25. The number of nitrogens with zero attached hydrogens (tertiary/aromatic N) is 2. The second-order valence-corrected chi connectivity index (χ2v) is 10.2. The molecule has 4 nitrogen and oxygen atoms in total. The van der Waals surface area contributed by atoms with Crippen molar-refractivity contribution in [2.75, 3.05) is 32.2 Å². The van der Waals surface area contributed by atoms with Gasteiger partial charge in [0.2, 0.25) is 0 Å². The van der Waals surface area contributed by atoms with Crippen LogP contribution < -0.4 is 9.84 Å². The Morgan fingerprint density at radius 2 is 2.03 bits per heavy atom. The molecule has 0 aromatic heterocycles. The molecule has 0 spiro atoms. The van der Waals surface area contributed by atoms with E-state index in [0.717, 1.165) is 27.9 Å². The van der Waals surface area contributed by atoms with Crippen LogP contribution in [0.4, 0.5) is 5.69 Å². The summed E-state index contributed by atoms with van der Waals surface area (Å²) in [6.07, 6.45) is 3.11. The summed E-state index contributed by atoms with van der Waals surface area (Å²) in [7, 11) is 4.61. The van der Waals surface area contributed by atoms with Crippen molar-refractivity contribution in [3.05, 3.63) is 63.7 Å². The van der Waals surface area contributed by atoms with Gasteiger partial charge >= 0.3 is 0 Å². The quantitative estimate of drug-likeness (QED) is 0.386. The predicted molar refractivity (Wildman–Crippen MR) is 125 cm³/mol. The molecule has 2 aromatic carbocycles. The van der Waals surface area contributed by atoms with Crippen molar-refractivity contribution in [3.8, 4) is 5.75 Å². The Kier molecular flexibility index (Phi) is 6.14. The lowest BCUT2D eigenvalue weighted by molar-refractivity contribution is -0.924. The fourth-order valence-corrected chi connectivity index (χ4v) is 5.83. The van der Waals surface area contributed by atoms with E-state index in [1.165, 1.54) is 23.5 Å². The molecule has 158 valence electrons. The van der Waals surface area contributed by atoms with E-state index in [9.17, 15) is 5.11 Å². The van der Waals surface area contributed by atoms with Crippen LogP contribution in [0.2, 0.25) is 5.02 Å². The van der Waals surface area contributed by atoms with Crippen molar-refractivity contribution >= 4 is 41.0 Å². The van der Waals surface area contributed by atoms with Gasteiger partial charge in [0, 0.05) is 33.9 Å². The van der Waals surface area contributed by atoms with Crippen LogP contribution in [0.25, 0.3) is 6.08 Å². The second kappa shape index (κ2) is 8.66. The third kappa shape index (κ3) is 4.69. The molecular weight excluding hydrogens is 416 g/mol. The van der Waals surface area contributed by atoms with Crippen LogP contribution in [-0.4, -0.2) is 48.6 Å². The molecule has 1 fully saturated rings. The van der Waals surface area contributed by atoms with E-state index in [4.69, 9.17) is 16.3 Å². The minimum absolute atomic E-state index is 0.223. The molecule has 4 rings (SSSR count). The van der Waals surface area contributed by atoms with E-state index in [1.54, 1.807) is 0 Å². The van der Waals surface area contributed by atoms with E-state index in [2.05, 4.69) is 31.2 Å². The Morgan fingerprint density at radius 1 is 1.27 bits per heavy atom. The largest absolute Gasteiger partial charge is 0.858 e. The minimum atomic E-state index is -0.273. The van der Waals surface area contributed by atoms with Gasteiger partial charge in [-0.2, -0.15) is 11.8 Å². The third-order valence-electron chi connectivity index (χ3n) is 5.90. The van der Waals surface area contributed by atoms with E-state index in [1.807, 2.05) is 49.0 Å². The van der Waals surface area contributed by atoms with Crippen molar-refractivity contribution in [1.82, 2.24) is 0 Å². The zero-order valence-electron chi connectivity index (χ0n) is 17.7. The number of rotatable bonds is 5. The number of hydrogen-bond acceptors (Lipinski definition) is 4. The van der Waals surface area contributed by atoms with Gasteiger partial charge < -0.3 is 14.3 Å². The molecule has 1 saturated heterocycles. The Labute approximate surface area is 187 Å². The molecule has 0 aliphatic carbocycles. The lowest BCUT2D eigenvalue weighted by Gasteiger charge is -2.35. The maximum Gasteiger partial charge on any atom is 0.130 e. The Hall–Kier alpha value is -1.95. The Bertz CT molecular complexity index is 993. The van der Waals surface area contributed by atoms with Crippen molar-refractivity contribution in [3.63, 3.8) is 0 Å². The average molecular weight is 443 g/mol. The van der Waals surface area contributed by atoms with Gasteiger partial charge in [0.25, 0.3) is 0 Å². The van der Waals surface area contributed by atoms with Gasteiger partial charge in [0.15, 0.2) is 0 Å². The Balaban J connectivity index is 1.49. The molecule has 6 heteroatoms. The topological polar surface area (TPSA) is 44.6 Å². The fraction of sp³-hybridized carbons (Fsp3) is 0.375. The minimum Gasteiger partial charge on any atom is -0.858 e. The number of hydrogen-bond donors (Lipinski definition) is 0. The maximum atomic E-state index is 12.7. The number of aryl methyl sites for hydroxylation is 1. The summed E-state index contributed by atoms with van der Waals surface area (Å²) in [5.74, 6) is 3.01. The molecule has 1 atom stereocenters. The summed E-state index contributed by atoms with van der Waals surface area (Å²) in [4.78, 5) is 4.29. The van der Waals surface area contributed by atoms with Crippen LogP contribution in [0.1, 0.15) is 23.1 Å². The summed E-state index contributed by atoms with van der Waals surface area (Å²) < 4.78 is 6.79. The second-order valence-electron chi connectivity index (χ2n) is 8.64. The van der Waals surface area contributed by atoms with Crippen molar-refractivity contribution < 1.29 is 14.3 Å². The van der Waals surface area contributed by atoms with E-state index in [-0.39, 0.29) is 12.5 Å². The zero-order chi connectivity index (χ0) is 21.3. The van der Waals surface area contributed by atoms with Crippen LogP contribution in [0.3, 0.4) is 0 Å². The zero-order valence-corrected chi connectivity index (χ0v) is 19.2. The van der Waals surface area contributed by atoms with Gasteiger partial charge in [-0.3, -0.25) is 4.99 Å². The molecule has 2 aliphatic rings. The molecule has 2 heterocycles.